The maximum absolute atomic E-state index is 11.7. The van der Waals surface area contributed by atoms with Gasteiger partial charge < -0.3 is 10.1 Å². The van der Waals surface area contributed by atoms with Gasteiger partial charge in [0.25, 0.3) is 0 Å². The lowest BCUT2D eigenvalue weighted by Crippen LogP contribution is -2.35. The molecule has 0 bridgehead atoms. The van der Waals surface area contributed by atoms with Crippen molar-refractivity contribution >= 4 is 35.2 Å². The van der Waals surface area contributed by atoms with Crippen LogP contribution in [0.3, 0.4) is 0 Å². The van der Waals surface area contributed by atoms with Crippen molar-refractivity contribution in [1.82, 2.24) is 5.32 Å². The van der Waals surface area contributed by atoms with Crippen molar-refractivity contribution in [2.24, 2.45) is 0 Å². The first-order valence-corrected chi connectivity index (χ1v) is 6.55. The van der Waals surface area contributed by atoms with Crippen LogP contribution in [-0.4, -0.2) is 30.8 Å². The summed E-state index contributed by atoms with van der Waals surface area (Å²) >= 11 is 7.17. The SMILES string of the molecule is COC(=O)CNC(=O)[C@@H](C)Sc1ccc(Cl)cc1. The Kier molecular flexibility index (Phi) is 6.01. The predicted octanol–water partition coefficient (Wildman–Crippen LogP) is 2.11. The lowest BCUT2D eigenvalue weighted by molar-refractivity contribution is -0.141. The van der Waals surface area contributed by atoms with E-state index in [0.717, 1.165) is 4.90 Å². The zero-order valence-electron chi connectivity index (χ0n) is 10.1. The summed E-state index contributed by atoms with van der Waals surface area (Å²) in [6.07, 6.45) is 0. The molecule has 0 radical (unpaired) electrons. The fourth-order valence-electron chi connectivity index (χ4n) is 1.15. The summed E-state index contributed by atoms with van der Waals surface area (Å²) in [6.45, 7) is 1.66. The molecular weight excluding hydrogens is 274 g/mol. The average Bonchev–Trinajstić information content (AvgIpc) is 2.38. The summed E-state index contributed by atoms with van der Waals surface area (Å²) in [4.78, 5) is 23.5. The van der Waals surface area contributed by atoms with Gasteiger partial charge in [-0.15, -0.1) is 11.8 Å². The summed E-state index contributed by atoms with van der Waals surface area (Å²) in [6, 6.07) is 7.22. The molecule has 0 aromatic heterocycles. The number of nitrogens with one attached hydrogen (secondary N) is 1. The van der Waals surface area contributed by atoms with Gasteiger partial charge in [-0.2, -0.15) is 0 Å². The molecule has 1 N–H and O–H groups in total. The van der Waals surface area contributed by atoms with Gasteiger partial charge in [-0.1, -0.05) is 11.6 Å². The second-order valence-electron chi connectivity index (χ2n) is 3.51. The van der Waals surface area contributed by atoms with Crippen LogP contribution in [0.2, 0.25) is 5.02 Å². The number of carbonyl (C=O) groups is 2. The number of carbonyl (C=O) groups excluding carboxylic acids is 2. The number of benzene rings is 1. The second-order valence-corrected chi connectivity index (χ2v) is 5.36. The van der Waals surface area contributed by atoms with Crippen LogP contribution in [0.5, 0.6) is 0 Å². The summed E-state index contributed by atoms with van der Waals surface area (Å²) in [5.41, 5.74) is 0. The van der Waals surface area contributed by atoms with E-state index in [4.69, 9.17) is 11.6 Å². The predicted molar refractivity (Wildman–Crippen MR) is 71.8 cm³/mol. The maximum Gasteiger partial charge on any atom is 0.325 e. The van der Waals surface area contributed by atoms with E-state index < -0.39 is 5.97 Å². The Morgan fingerprint density at radius 3 is 2.56 bits per heavy atom. The fourth-order valence-corrected chi connectivity index (χ4v) is 2.16. The Bertz CT molecular complexity index is 422. The highest BCUT2D eigenvalue weighted by atomic mass is 35.5. The van der Waals surface area contributed by atoms with Crippen molar-refractivity contribution in [3.63, 3.8) is 0 Å². The Morgan fingerprint density at radius 2 is 2.00 bits per heavy atom. The molecule has 98 valence electrons. The van der Waals surface area contributed by atoms with Crippen molar-refractivity contribution in [2.45, 2.75) is 17.1 Å². The zero-order chi connectivity index (χ0) is 13.5. The molecule has 1 amide bonds. The smallest absolute Gasteiger partial charge is 0.325 e. The van der Waals surface area contributed by atoms with Gasteiger partial charge in [0.15, 0.2) is 0 Å². The lowest BCUT2D eigenvalue weighted by Gasteiger charge is -2.11. The minimum Gasteiger partial charge on any atom is -0.468 e. The lowest BCUT2D eigenvalue weighted by atomic mass is 10.4. The third-order valence-electron chi connectivity index (χ3n) is 2.13. The van der Waals surface area contributed by atoms with Crippen molar-refractivity contribution in [1.29, 1.82) is 0 Å². The number of hydrogen-bond donors (Lipinski definition) is 1. The molecule has 0 aliphatic carbocycles. The number of ether oxygens (including phenoxy) is 1. The summed E-state index contributed by atoms with van der Waals surface area (Å²) < 4.78 is 4.44. The molecule has 1 aromatic rings. The number of amides is 1. The zero-order valence-corrected chi connectivity index (χ0v) is 11.7. The van der Waals surface area contributed by atoms with Gasteiger partial charge >= 0.3 is 5.97 Å². The van der Waals surface area contributed by atoms with Crippen LogP contribution in [0.1, 0.15) is 6.92 Å². The molecule has 0 aliphatic heterocycles. The van der Waals surface area contributed by atoms with Gasteiger partial charge in [0.05, 0.1) is 12.4 Å². The van der Waals surface area contributed by atoms with Gasteiger partial charge in [-0.05, 0) is 31.2 Å². The Hall–Kier alpha value is -1.20. The highest BCUT2D eigenvalue weighted by Gasteiger charge is 2.15. The number of rotatable bonds is 5. The highest BCUT2D eigenvalue weighted by Crippen LogP contribution is 2.24. The van der Waals surface area contributed by atoms with E-state index in [-0.39, 0.29) is 17.7 Å². The number of methoxy groups -OCH3 is 1. The summed E-state index contributed by atoms with van der Waals surface area (Å²) in [5, 5.41) is 2.86. The fraction of sp³-hybridized carbons (Fsp3) is 0.333. The number of thioether (sulfide) groups is 1. The average molecular weight is 288 g/mol. The number of esters is 1. The van der Waals surface area contributed by atoms with E-state index in [9.17, 15) is 9.59 Å². The molecule has 0 spiro atoms. The molecule has 1 rings (SSSR count). The first kappa shape index (κ1) is 14.9. The van der Waals surface area contributed by atoms with Crippen LogP contribution in [0, 0.1) is 0 Å². The summed E-state index contributed by atoms with van der Waals surface area (Å²) in [5.74, 6) is -0.674. The molecule has 0 fully saturated rings. The minimum absolute atomic E-state index is 0.110. The minimum atomic E-state index is -0.466. The first-order chi connectivity index (χ1) is 8.52. The van der Waals surface area contributed by atoms with Gasteiger partial charge in [0, 0.05) is 9.92 Å². The van der Waals surface area contributed by atoms with Crippen molar-refractivity contribution < 1.29 is 14.3 Å². The molecule has 0 saturated carbocycles. The van der Waals surface area contributed by atoms with Crippen LogP contribution in [0.4, 0.5) is 0 Å². The molecule has 0 unspecified atom stereocenters. The number of halogens is 1. The van der Waals surface area contributed by atoms with Gasteiger partial charge in [-0.25, -0.2) is 0 Å². The van der Waals surface area contributed by atoms with Crippen molar-refractivity contribution in [3.05, 3.63) is 29.3 Å². The number of hydrogen-bond acceptors (Lipinski definition) is 4. The van der Waals surface area contributed by atoms with E-state index in [1.165, 1.54) is 18.9 Å². The highest BCUT2D eigenvalue weighted by molar-refractivity contribution is 8.00. The quantitative estimate of drug-likeness (QED) is 0.666. The van der Waals surface area contributed by atoms with E-state index in [1.54, 1.807) is 19.1 Å². The summed E-state index contributed by atoms with van der Waals surface area (Å²) in [7, 11) is 1.28. The third-order valence-corrected chi connectivity index (χ3v) is 3.49. The van der Waals surface area contributed by atoms with Gasteiger partial charge in [0.1, 0.15) is 6.54 Å². The van der Waals surface area contributed by atoms with Gasteiger partial charge in [0.2, 0.25) is 5.91 Å². The van der Waals surface area contributed by atoms with Crippen LogP contribution < -0.4 is 5.32 Å². The van der Waals surface area contributed by atoms with Crippen LogP contribution >= 0.6 is 23.4 Å². The molecule has 18 heavy (non-hydrogen) atoms. The van der Waals surface area contributed by atoms with Gasteiger partial charge in [-0.3, -0.25) is 9.59 Å². The monoisotopic (exact) mass is 287 g/mol. The molecular formula is C12H14ClNO3S. The Labute approximate surface area is 115 Å². The largest absolute Gasteiger partial charge is 0.468 e. The molecule has 0 saturated heterocycles. The Morgan fingerprint density at radius 1 is 1.39 bits per heavy atom. The third kappa shape index (κ3) is 4.98. The first-order valence-electron chi connectivity index (χ1n) is 5.29. The second kappa shape index (κ2) is 7.28. The topological polar surface area (TPSA) is 55.4 Å². The molecule has 0 aliphatic rings. The normalized spacial score (nSPS) is 11.7. The van der Waals surface area contributed by atoms with Crippen molar-refractivity contribution in [2.75, 3.05) is 13.7 Å². The molecule has 1 aromatic carbocycles. The van der Waals surface area contributed by atoms with E-state index in [0.29, 0.717) is 5.02 Å². The molecule has 6 heteroatoms. The van der Waals surface area contributed by atoms with Crippen molar-refractivity contribution in [3.8, 4) is 0 Å². The molecule has 0 heterocycles. The Balaban J connectivity index is 2.44. The van der Waals surface area contributed by atoms with Crippen LogP contribution in [0.15, 0.2) is 29.2 Å². The standard InChI is InChI=1S/C12H14ClNO3S/c1-8(12(16)14-7-11(15)17-2)18-10-5-3-9(13)4-6-10/h3-6,8H,7H2,1-2H3,(H,14,16)/t8-/m1/s1. The molecule has 1 atom stereocenters. The maximum atomic E-state index is 11.7. The van der Waals surface area contributed by atoms with E-state index >= 15 is 0 Å². The van der Waals surface area contributed by atoms with Crippen LogP contribution in [-0.2, 0) is 14.3 Å². The van der Waals surface area contributed by atoms with Crippen LogP contribution in [0.25, 0.3) is 0 Å². The van der Waals surface area contributed by atoms with E-state index in [1.807, 2.05) is 12.1 Å². The molecule has 4 nitrogen and oxygen atoms in total. The van der Waals surface area contributed by atoms with E-state index in [2.05, 4.69) is 10.1 Å².